The first kappa shape index (κ1) is 13.9. The van der Waals surface area contributed by atoms with Crippen LogP contribution >= 0.6 is 15.9 Å². The number of halogens is 1. The van der Waals surface area contributed by atoms with Gasteiger partial charge in [-0.1, -0.05) is 12.1 Å². The highest BCUT2D eigenvalue weighted by molar-refractivity contribution is 9.10. The number of hydrogen-bond acceptors (Lipinski definition) is 5. The molecule has 1 aromatic rings. The van der Waals surface area contributed by atoms with Gasteiger partial charge in [0, 0.05) is 26.2 Å². The SMILES string of the molecule is CCN(C1CCNC1)S(=O)(=O)c1c(Br)nnn1C. The third-order valence-electron chi connectivity index (χ3n) is 3.04. The van der Waals surface area contributed by atoms with Gasteiger partial charge in [0.2, 0.25) is 5.03 Å². The number of sulfonamides is 1. The van der Waals surface area contributed by atoms with Crippen molar-refractivity contribution in [1.29, 1.82) is 0 Å². The highest BCUT2D eigenvalue weighted by Crippen LogP contribution is 2.25. The molecule has 1 unspecified atom stereocenters. The predicted octanol–water partition coefficient (Wildman–Crippen LogP) is -0.0499. The third kappa shape index (κ3) is 2.31. The van der Waals surface area contributed by atoms with Gasteiger partial charge in [-0.25, -0.2) is 13.1 Å². The largest absolute Gasteiger partial charge is 0.315 e. The molecule has 0 radical (unpaired) electrons. The third-order valence-corrected chi connectivity index (χ3v) is 5.96. The molecule has 18 heavy (non-hydrogen) atoms. The van der Waals surface area contributed by atoms with Gasteiger partial charge in [-0.2, -0.15) is 4.31 Å². The van der Waals surface area contributed by atoms with Crippen LogP contribution in [0.15, 0.2) is 9.63 Å². The van der Waals surface area contributed by atoms with Crippen LogP contribution in [0.5, 0.6) is 0 Å². The number of likely N-dealkylation sites (N-methyl/N-ethyl adjacent to an activating group) is 1. The molecule has 7 nitrogen and oxygen atoms in total. The molecule has 1 aliphatic rings. The second-order valence-corrected chi connectivity index (χ2v) is 6.72. The Labute approximate surface area is 115 Å². The molecule has 1 fully saturated rings. The molecule has 1 aromatic heterocycles. The van der Waals surface area contributed by atoms with Crippen molar-refractivity contribution in [3.8, 4) is 0 Å². The summed E-state index contributed by atoms with van der Waals surface area (Å²) in [5.74, 6) is 0. The van der Waals surface area contributed by atoms with Crippen molar-refractivity contribution in [2.24, 2.45) is 7.05 Å². The monoisotopic (exact) mass is 337 g/mol. The number of aromatic nitrogens is 3. The topological polar surface area (TPSA) is 80.1 Å². The van der Waals surface area contributed by atoms with E-state index in [1.165, 1.54) is 8.99 Å². The lowest BCUT2D eigenvalue weighted by Crippen LogP contribution is -2.42. The molecule has 0 aromatic carbocycles. The van der Waals surface area contributed by atoms with Crippen molar-refractivity contribution in [2.75, 3.05) is 19.6 Å². The normalized spacial score (nSPS) is 20.8. The van der Waals surface area contributed by atoms with Gasteiger partial charge in [0.05, 0.1) is 0 Å². The maximum absolute atomic E-state index is 12.6. The van der Waals surface area contributed by atoms with Crippen LogP contribution in [0, 0.1) is 0 Å². The summed E-state index contributed by atoms with van der Waals surface area (Å²) in [5.41, 5.74) is 0. The molecule has 0 amide bonds. The molecule has 1 saturated heterocycles. The average molecular weight is 338 g/mol. The Morgan fingerprint density at radius 2 is 2.33 bits per heavy atom. The van der Waals surface area contributed by atoms with Crippen LogP contribution in [0.1, 0.15) is 13.3 Å². The summed E-state index contributed by atoms with van der Waals surface area (Å²) in [4.78, 5) is 0. The van der Waals surface area contributed by atoms with Gasteiger partial charge in [-0.15, -0.1) is 5.10 Å². The molecule has 1 aliphatic heterocycles. The van der Waals surface area contributed by atoms with Crippen molar-refractivity contribution in [1.82, 2.24) is 24.6 Å². The zero-order valence-electron chi connectivity index (χ0n) is 10.3. The molecule has 102 valence electrons. The summed E-state index contributed by atoms with van der Waals surface area (Å²) in [5, 5.41) is 10.7. The lowest BCUT2D eigenvalue weighted by molar-refractivity contribution is 0.345. The molecule has 2 rings (SSSR count). The fourth-order valence-corrected chi connectivity index (χ4v) is 4.92. The zero-order chi connectivity index (χ0) is 13.3. The molecule has 0 bridgehead atoms. The summed E-state index contributed by atoms with van der Waals surface area (Å²) < 4.78 is 28.3. The smallest absolute Gasteiger partial charge is 0.263 e. The fraction of sp³-hybridized carbons (Fsp3) is 0.778. The van der Waals surface area contributed by atoms with E-state index in [-0.39, 0.29) is 15.7 Å². The molecular weight excluding hydrogens is 322 g/mol. The van der Waals surface area contributed by atoms with Gasteiger partial charge in [0.15, 0.2) is 4.60 Å². The second kappa shape index (κ2) is 5.24. The maximum Gasteiger partial charge on any atom is 0.263 e. The number of rotatable bonds is 4. The van der Waals surface area contributed by atoms with Crippen LogP contribution in [0.3, 0.4) is 0 Å². The molecule has 0 spiro atoms. The number of nitrogens with zero attached hydrogens (tertiary/aromatic N) is 4. The minimum Gasteiger partial charge on any atom is -0.315 e. The van der Waals surface area contributed by atoms with Gasteiger partial charge >= 0.3 is 0 Å². The van der Waals surface area contributed by atoms with E-state index in [9.17, 15) is 8.42 Å². The van der Waals surface area contributed by atoms with Crippen LogP contribution in [0.4, 0.5) is 0 Å². The summed E-state index contributed by atoms with van der Waals surface area (Å²) >= 11 is 3.14. The van der Waals surface area contributed by atoms with E-state index in [2.05, 4.69) is 31.6 Å². The van der Waals surface area contributed by atoms with Crippen molar-refractivity contribution in [3.05, 3.63) is 4.60 Å². The lowest BCUT2D eigenvalue weighted by Gasteiger charge is -2.25. The Bertz CT molecular complexity index is 504. The Balaban J connectivity index is 2.40. The van der Waals surface area contributed by atoms with Crippen molar-refractivity contribution in [2.45, 2.75) is 24.4 Å². The molecule has 9 heteroatoms. The Morgan fingerprint density at radius 1 is 1.61 bits per heavy atom. The number of hydrogen-bond donors (Lipinski definition) is 1. The maximum atomic E-state index is 12.6. The van der Waals surface area contributed by atoms with E-state index in [4.69, 9.17) is 0 Å². The molecule has 0 aliphatic carbocycles. The second-order valence-electron chi connectivity index (χ2n) is 4.16. The standard InChI is InChI=1S/C9H16BrN5O2S/c1-3-15(7-4-5-11-6-7)18(16,17)9-8(10)12-13-14(9)2/h7,11H,3-6H2,1-2H3. The lowest BCUT2D eigenvalue weighted by atomic mass is 10.3. The summed E-state index contributed by atoms with van der Waals surface area (Å²) in [6.45, 7) is 3.82. The van der Waals surface area contributed by atoms with Crippen LogP contribution in [0.2, 0.25) is 0 Å². The summed E-state index contributed by atoms with van der Waals surface area (Å²) in [7, 11) is -1.99. The van der Waals surface area contributed by atoms with E-state index < -0.39 is 10.0 Å². The highest BCUT2D eigenvalue weighted by atomic mass is 79.9. The van der Waals surface area contributed by atoms with E-state index in [1.807, 2.05) is 6.92 Å². The van der Waals surface area contributed by atoms with Gasteiger partial charge in [-0.05, 0) is 28.9 Å². The Morgan fingerprint density at radius 3 is 2.78 bits per heavy atom. The van der Waals surface area contributed by atoms with Gasteiger partial charge in [0.25, 0.3) is 10.0 Å². The van der Waals surface area contributed by atoms with E-state index in [0.29, 0.717) is 13.1 Å². The summed E-state index contributed by atoms with van der Waals surface area (Å²) in [6, 6.07) is 0.00167. The van der Waals surface area contributed by atoms with E-state index in [0.717, 1.165) is 13.0 Å². The van der Waals surface area contributed by atoms with Crippen LogP contribution in [0.25, 0.3) is 0 Å². The van der Waals surface area contributed by atoms with E-state index in [1.54, 1.807) is 7.05 Å². The average Bonchev–Trinajstić information content (AvgIpc) is 2.90. The van der Waals surface area contributed by atoms with Gasteiger partial charge < -0.3 is 5.32 Å². The van der Waals surface area contributed by atoms with Crippen LogP contribution < -0.4 is 5.32 Å². The molecule has 2 heterocycles. The first-order chi connectivity index (χ1) is 8.48. The van der Waals surface area contributed by atoms with Crippen LogP contribution in [-0.2, 0) is 17.1 Å². The quantitative estimate of drug-likeness (QED) is 0.833. The van der Waals surface area contributed by atoms with Crippen molar-refractivity contribution in [3.63, 3.8) is 0 Å². The first-order valence-corrected chi connectivity index (χ1v) is 7.99. The van der Waals surface area contributed by atoms with E-state index >= 15 is 0 Å². The predicted molar refractivity (Wildman–Crippen MR) is 69.5 cm³/mol. The summed E-state index contributed by atoms with van der Waals surface area (Å²) in [6.07, 6.45) is 0.829. The van der Waals surface area contributed by atoms with Crippen molar-refractivity contribution < 1.29 is 8.42 Å². The fourth-order valence-electron chi connectivity index (χ4n) is 2.22. The minimum atomic E-state index is -3.57. The van der Waals surface area contributed by atoms with Gasteiger partial charge in [-0.3, -0.25) is 0 Å². The number of nitrogens with one attached hydrogen (secondary N) is 1. The van der Waals surface area contributed by atoms with Crippen molar-refractivity contribution >= 4 is 26.0 Å². The molecule has 1 N–H and O–H groups in total. The molecule has 1 atom stereocenters. The Kier molecular flexibility index (Phi) is 4.05. The Hall–Kier alpha value is -0.510. The number of aryl methyl sites for hydroxylation is 1. The zero-order valence-corrected chi connectivity index (χ0v) is 12.7. The van der Waals surface area contributed by atoms with Gasteiger partial charge in [0.1, 0.15) is 0 Å². The first-order valence-electron chi connectivity index (χ1n) is 5.76. The highest BCUT2D eigenvalue weighted by Gasteiger charge is 2.35. The molecule has 0 saturated carbocycles. The molecular formula is C9H16BrN5O2S. The minimum absolute atomic E-state index is 0.00167. The van der Waals surface area contributed by atoms with Crippen LogP contribution in [-0.4, -0.2) is 53.4 Å².